The molecule has 1 aromatic carbocycles. The molecule has 1 fully saturated rings. The Hall–Kier alpha value is -1.69. The second kappa shape index (κ2) is 5.30. The minimum Gasteiger partial charge on any atom is -0.493 e. The molecule has 96 valence electrons. The fourth-order valence-electron chi connectivity index (χ4n) is 2.49. The molecule has 3 heteroatoms. The van der Waals surface area contributed by atoms with Gasteiger partial charge in [-0.2, -0.15) is 5.26 Å². The lowest BCUT2D eigenvalue weighted by molar-refractivity contribution is 0.0460. The van der Waals surface area contributed by atoms with Crippen LogP contribution in [0.4, 0.5) is 0 Å². The molecule has 0 bridgehead atoms. The second-order valence-corrected chi connectivity index (χ2v) is 5.09. The number of rotatable bonds is 3. The van der Waals surface area contributed by atoms with Crippen molar-refractivity contribution in [2.45, 2.75) is 44.6 Å². The maximum atomic E-state index is 8.87. The summed E-state index contributed by atoms with van der Waals surface area (Å²) in [6, 6.07) is 7.43. The summed E-state index contributed by atoms with van der Waals surface area (Å²) in [5.41, 5.74) is 0.493. The zero-order valence-electron chi connectivity index (χ0n) is 11.0. The van der Waals surface area contributed by atoms with Gasteiger partial charge in [-0.05, 0) is 44.7 Å². The topological polar surface area (TPSA) is 42.2 Å². The van der Waals surface area contributed by atoms with Crippen molar-refractivity contribution in [2.24, 2.45) is 0 Å². The zero-order chi connectivity index (χ0) is 13.0. The lowest BCUT2D eigenvalue weighted by atomic mass is 9.86. The van der Waals surface area contributed by atoms with Crippen LogP contribution in [-0.2, 0) is 0 Å². The van der Waals surface area contributed by atoms with Crippen molar-refractivity contribution in [3.8, 4) is 17.6 Å². The Morgan fingerprint density at radius 2 is 1.89 bits per heavy atom. The summed E-state index contributed by atoms with van der Waals surface area (Å²) in [5.74, 6) is 1.38. The van der Waals surface area contributed by atoms with E-state index >= 15 is 0 Å². The first-order valence-corrected chi connectivity index (χ1v) is 6.44. The molecule has 0 saturated heterocycles. The molecule has 18 heavy (non-hydrogen) atoms. The third kappa shape index (κ3) is 2.76. The molecule has 0 N–H and O–H groups in total. The molecule has 1 aliphatic rings. The van der Waals surface area contributed by atoms with Crippen molar-refractivity contribution in [3.05, 3.63) is 23.8 Å². The van der Waals surface area contributed by atoms with Crippen molar-refractivity contribution < 1.29 is 9.47 Å². The van der Waals surface area contributed by atoms with Gasteiger partial charge in [0.1, 0.15) is 5.60 Å². The van der Waals surface area contributed by atoms with Crippen molar-refractivity contribution in [3.63, 3.8) is 0 Å². The van der Waals surface area contributed by atoms with Gasteiger partial charge in [-0.15, -0.1) is 0 Å². The fraction of sp³-hybridized carbons (Fsp3) is 0.533. The number of hydrogen-bond donors (Lipinski definition) is 0. The standard InChI is InChI=1S/C15H19NO2/c1-15(8-4-3-5-9-15)18-13-7-6-12(11-16)10-14(13)17-2/h6-7,10H,3-5,8-9H2,1-2H3. The van der Waals surface area contributed by atoms with Gasteiger partial charge < -0.3 is 9.47 Å². The minimum absolute atomic E-state index is 0.0975. The molecule has 0 aromatic heterocycles. The first-order chi connectivity index (χ1) is 8.67. The Morgan fingerprint density at radius 1 is 1.17 bits per heavy atom. The Morgan fingerprint density at radius 3 is 2.50 bits per heavy atom. The SMILES string of the molecule is COc1cc(C#N)ccc1OC1(C)CCCCC1. The highest BCUT2D eigenvalue weighted by molar-refractivity contribution is 5.47. The van der Waals surface area contributed by atoms with Crippen LogP contribution in [0.3, 0.4) is 0 Å². The molecular weight excluding hydrogens is 226 g/mol. The van der Waals surface area contributed by atoms with Crippen molar-refractivity contribution >= 4 is 0 Å². The fourth-order valence-corrected chi connectivity index (χ4v) is 2.49. The predicted octanol–water partition coefficient (Wildman–Crippen LogP) is 3.67. The van der Waals surface area contributed by atoms with Crippen LogP contribution in [0.2, 0.25) is 0 Å². The average molecular weight is 245 g/mol. The summed E-state index contributed by atoms with van der Waals surface area (Å²) in [6.07, 6.45) is 5.89. The third-order valence-corrected chi connectivity index (χ3v) is 3.56. The van der Waals surface area contributed by atoms with E-state index < -0.39 is 0 Å². The molecule has 1 aromatic rings. The molecule has 1 saturated carbocycles. The van der Waals surface area contributed by atoms with E-state index in [0.29, 0.717) is 11.3 Å². The molecule has 3 nitrogen and oxygen atoms in total. The first kappa shape index (κ1) is 12.8. The van der Waals surface area contributed by atoms with Gasteiger partial charge in [0.2, 0.25) is 0 Å². The molecule has 2 rings (SSSR count). The van der Waals surface area contributed by atoms with Crippen molar-refractivity contribution in [1.29, 1.82) is 5.26 Å². The highest BCUT2D eigenvalue weighted by Gasteiger charge is 2.29. The van der Waals surface area contributed by atoms with Gasteiger partial charge in [0.15, 0.2) is 11.5 Å². The summed E-state index contributed by atoms with van der Waals surface area (Å²) >= 11 is 0. The third-order valence-electron chi connectivity index (χ3n) is 3.56. The Balaban J connectivity index is 2.20. The first-order valence-electron chi connectivity index (χ1n) is 6.44. The van der Waals surface area contributed by atoms with Gasteiger partial charge in [0.05, 0.1) is 18.7 Å². The minimum atomic E-state index is -0.0975. The molecule has 0 heterocycles. The van der Waals surface area contributed by atoms with Crippen LogP contribution < -0.4 is 9.47 Å². The van der Waals surface area contributed by atoms with E-state index in [2.05, 4.69) is 13.0 Å². The largest absolute Gasteiger partial charge is 0.493 e. The van der Waals surface area contributed by atoms with E-state index in [9.17, 15) is 0 Å². The van der Waals surface area contributed by atoms with E-state index in [0.717, 1.165) is 18.6 Å². The molecule has 0 amide bonds. The normalized spacial score (nSPS) is 17.8. The summed E-state index contributed by atoms with van der Waals surface area (Å²) in [7, 11) is 1.60. The summed E-state index contributed by atoms with van der Waals surface area (Å²) in [6.45, 7) is 2.16. The molecule has 0 unspecified atom stereocenters. The van der Waals surface area contributed by atoms with Gasteiger partial charge in [-0.1, -0.05) is 6.42 Å². The van der Waals surface area contributed by atoms with E-state index in [-0.39, 0.29) is 5.60 Å². The van der Waals surface area contributed by atoms with Crippen molar-refractivity contribution in [2.75, 3.05) is 7.11 Å². The van der Waals surface area contributed by atoms with Gasteiger partial charge in [-0.3, -0.25) is 0 Å². The van der Waals surface area contributed by atoms with E-state index in [1.807, 2.05) is 6.07 Å². The smallest absolute Gasteiger partial charge is 0.162 e. The molecule has 0 atom stereocenters. The second-order valence-electron chi connectivity index (χ2n) is 5.09. The Labute approximate surface area is 108 Å². The average Bonchev–Trinajstić information content (AvgIpc) is 2.39. The van der Waals surface area contributed by atoms with Crippen LogP contribution in [0.25, 0.3) is 0 Å². The van der Waals surface area contributed by atoms with Crippen LogP contribution in [0, 0.1) is 11.3 Å². The van der Waals surface area contributed by atoms with Gasteiger partial charge >= 0.3 is 0 Å². The number of hydrogen-bond acceptors (Lipinski definition) is 3. The van der Waals surface area contributed by atoms with Crippen LogP contribution >= 0.6 is 0 Å². The monoisotopic (exact) mass is 245 g/mol. The Kier molecular flexibility index (Phi) is 3.76. The highest BCUT2D eigenvalue weighted by atomic mass is 16.5. The van der Waals surface area contributed by atoms with Crippen LogP contribution in [0.1, 0.15) is 44.6 Å². The molecule has 0 radical (unpaired) electrons. The number of nitriles is 1. The summed E-state index contributed by atoms with van der Waals surface area (Å²) in [5, 5.41) is 8.87. The maximum Gasteiger partial charge on any atom is 0.162 e. The number of benzene rings is 1. The molecule has 0 spiro atoms. The van der Waals surface area contributed by atoms with Crippen LogP contribution in [-0.4, -0.2) is 12.7 Å². The highest BCUT2D eigenvalue weighted by Crippen LogP contribution is 2.37. The molecular formula is C15H19NO2. The van der Waals surface area contributed by atoms with Gasteiger partial charge in [-0.25, -0.2) is 0 Å². The lowest BCUT2D eigenvalue weighted by Crippen LogP contribution is -2.34. The van der Waals surface area contributed by atoms with E-state index in [1.54, 1.807) is 19.2 Å². The van der Waals surface area contributed by atoms with E-state index in [1.165, 1.54) is 19.3 Å². The van der Waals surface area contributed by atoms with Crippen LogP contribution in [0.15, 0.2) is 18.2 Å². The maximum absolute atomic E-state index is 8.87. The number of methoxy groups -OCH3 is 1. The molecule has 0 aliphatic heterocycles. The number of ether oxygens (including phenoxy) is 2. The van der Waals surface area contributed by atoms with Gasteiger partial charge in [0.25, 0.3) is 0 Å². The summed E-state index contributed by atoms with van der Waals surface area (Å²) < 4.78 is 11.4. The van der Waals surface area contributed by atoms with Crippen molar-refractivity contribution in [1.82, 2.24) is 0 Å². The zero-order valence-corrected chi connectivity index (χ0v) is 11.0. The quantitative estimate of drug-likeness (QED) is 0.816. The van der Waals surface area contributed by atoms with Crippen LogP contribution in [0.5, 0.6) is 11.5 Å². The summed E-state index contributed by atoms with van der Waals surface area (Å²) in [4.78, 5) is 0. The van der Waals surface area contributed by atoms with Gasteiger partial charge in [0, 0.05) is 6.07 Å². The Bertz CT molecular complexity index is 456. The molecule has 1 aliphatic carbocycles. The number of nitrogens with zero attached hydrogens (tertiary/aromatic N) is 1. The van der Waals surface area contributed by atoms with E-state index in [4.69, 9.17) is 14.7 Å². The predicted molar refractivity (Wildman–Crippen MR) is 69.8 cm³/mol. The lowest BCUT2D eigenvalue weighted by Gasteiger charge is -2.34.